The first-order valence-electron chi connectivity index (χ1n) is 8.32. The van der Waals surface area contributed by atoms with Gasteiger partial charge in [0.25, 0.3) is 10.0 Å². The lowest BCUT2D eigenvalue weighted by atomic mass is 10.0. The van der Waals surface area contributed by atoms with Crippen molar-refractivity contribution in [3.05, 3.63) is 77.2 Å². The van der Waals surface area contributed by atoms with Crippen LogP contribution in [0.25, 0.3) is 11.1 Å². The summed E-state index contributed by atoms with van der Waals surface area (Å²) in [6.45, 7) is 0. The fourth-order valence-electron chi connectivity index (χ4n) is 2.72. The average molecular weight is 412 g/mol. The van der Waals surface area contributed by atoms with E-state index < -0.39 is 21.7 Å². The molecule has 0 aliphatic heterocycles. The molecule has 0 atom stereocenters. The molecule has 0 radical (unpaired) electrons. The number of nitrogens with zero attached hydrogens (tertiary/aromatic N) is 1. The summed E-state index contributed by atoms with van der Waals surface area (Å²) in [6.07, 6.45) is 0. The van der Waals surface area contributed by atoms with Crippen molar-refractivity contribution in [2.45, 2.75) is 4.90 Å². The normalized spacial score (nSPS) is 10.9. The Kier molecular flexibility index (Phi) is 5.60. The van der Waals surface area contributed by atoms with E-state index in [0.29, 0.717) is 11.1 Å². The number of nitroso groups, excluding NO2 is 1. The van der Waals surface area contributed by atoms with E-state index in [9.17, 15) is 23.2 Å². The molecule has 0 saturated heterocycles. The summed E-state index contributed by atoms with van der Waals surface area (Å²) >= 11 is 0. The second-order valence-electron chi connectivity index (χ2n) is 5.97. The first-order valence-corrected chi connectivity index (χ1v) is 9.81. The van der Waals surface area contributed by atoms with Crippen molar-refractivity contribution in [2.75, 3.05) is 11.8 Å². The first-order chi connectivity index (χ1) is 13.9. The summed E-state index contributed by atoms with van der Waals surface area (Å²) in [6, 6.07) is 16.3. The molecule has 0 aromatic heterocycles. The van der Waals surface area contributed by atoms with Crippen LogP contribution in [0, 0.1) is 4.91 Å². The quantitative estimate of drug-likeness (QED) is 0.465. The van der Waals surface area contributed by atoms with E-state index in [2.05, 4.69) is 14.6 Å². The summed E-state index contributed by atoms with van der Waals surface area (Å²) in [5, 5.41) is 12.9. The van der Waals surface area contributed by atoms with Gasteiger partial charge in [-0.25, -0.2) is 13.2 Å². The molecule has 8 nitrogen and oxygen atoms in total. The van der Waals surface area contributed by atoms with Crippen molar-refractivity contribution in [2.24, 2.45) is 5.18 Å². The molecule has 0 aliphatic carbocycles. The van der Waals surface area contributed by atoms with Crippen LogP contribution in [0.5, 0.6) is 5.75 Å². The summed E-state index contributed by atoms with van der Waals surface area (Å²) in [4.78, 5) is 22.5. The SMILES string of the molecule is COC(=O)c1ccc(NS(=O)(=O)c2cccc(-c3ccccc3N=O)c2)cc1O. The average Bonchev–Trinajstić information content (AvgIpc) is 2.73. The summed E-state index contributed by atoms with van der Waals surface area (Å²) < 4.78 is 32.4. The van der Waals surface area contributed by atoms with Crippen LogP contribution in [0.1, 0.15) is 10.4 Å². The molecule has 0 amide bonds. The molecular formula is C20H16N2O6S. The zero-order valence-corrected chi connectivity index (χ0v) is 16.0. The van der Waals surface area contributed by atoms with Gasteiger partial charge in [0.1, 0.15) is 17.0 Å². The summed E-state index contributed by atoms with van der Waals surface area (Å²) in [5.41, 5.74) is 1.18. The van der Waals surface area contributed by atoms with Gasteiger partial charge in [-0.05, 0) is 41.1 Å². The number of aromatic hydroxyl groups is 1. The molecule has 148 valence electrons. The Bertz CT molecular complexity index is 1190. The lowest BCUT2D eigenvalue weighted by Crippen LogP contribution is -2.13. The fraction of sp³-hybridized carbons (Fsp3) is 0.0500. The minimum absolute atomic E-state index is 0.0489. The predicted molar refractivity (Wildman–Crippen MR) is 108 cm³/mol. The Balaban J connectivity index is 1.94. The molecule has 3 aromatic carbocycles. The third kappa shape index (κ3) is 4.25. The second-order valence-corrected chi connectivity index (χ2v) is 7.65. The monoisotopic (exact) mass is 412 g/mol. The Hall–Kier alpha value is -3.72. The van der Waals surface area contributed by atoms with Crippen LogP contribution >= 0.6 is 0 Å². The molecule has 3 rings (SSSR count). The van der Waals surface area contributed by atoms with Crippen molar-refractivity contribution >= 4 is 27.4 Å². The maximum absolute atomic E-state index is 12.8. The first kappa shape index (κ1) is 20.0. The van der Waals surface area contributed by atoms with Crippen LogP contribution in [-0.2, 0) is 14.8 Å². The number of phenolic OH excluding ortho intramolecular Hbond substituents is 1. The molecule has 29 heavy (non-hydrogen) atoms. The molecule has 0 bridgehead atoms. The van der Waals surface area contributed by atoms with Gasteiger partial charge in [-0.1, -0.05) is 30.3 Å². The molecule has 3 aromatic rings. The van der Waals surface area contributed by atoms with E-state index in [1.807, 2.05) is 0 Å². The molecule has 0 saturated carbocycles. The molecule has 0 heterocycles. The number of benzene rings is 3. The second kappa shape index (κ2) is 8.11. The van der Waals surface area contributed by atoms with E-state index in [4.69, 9.17) is 0 Å². The highest BCUT2D eigenvalue weighted by Crippen LogP contribution is 2.32. The highest BCUT2D eigenvalue weighted by molar-refractivity contribution is 7.92. The number of hydrogen-bond acceptors (Lipinski definition) is 7. The number of ether oxygens (including phenoxy) is 1. The number of methoxy groups -OCH3 is 1. The molecule has 2 N–H and O–H groups in total. The van der Waals surface area contributed by atoms with Crippen LogP contribution in [-0.4, -0.2) is 26.6 Å². The van der Waals surface area contributed by atoms with Crippen LogP contribution < -0.4 is 4.72 Å². The maximum Gasteiger partial charge on any atom is 0.341 e. The Morgan fingerprint density at radius 1 is 1.03 bits per heavy atom. The maximum atomic E-state index is 12.8. The number of carbonyl (C=O) groups is 1. The molecule has 0 spiro atoms. The molecule has 9 heteroatoms. The lowest BCUT2D eigenvalue weighted by molar-refractivity contribution is 0.0597. The topological polar surface area (TPSA) is 122 Å². The number of sulfonamides is 1. The molecule has 0 fully saturated rings. The third-order valence-electron chi connectivity index (χ3n) is 4.11. The zero-order valence-electron chi connectivity index (χ0n) is 15.2. The smallest absolute Gasteiger partial charge is 0.341 e. The van der Waals surface area contributed by atoms with Gasteiger partial charge < -0.3 is 9.84 Å². The van der Waals surface area contributed by atoms with Gasteiger partial charge in [-0.2, -0.15) is 0 Å². The van der Waals surface area contributed by atoms with Crippen molar-refractivity contribution in [1.82, 2.24) is 0 Å². The van der Waals surface area contributed by atoms with Crippen LogP contribution in [0.3, 0.4) is 0 Å². The van der Waals surface area contributed by atoms with Gasteiger partial charge in [0.15, 0.2) is 0 Å². The van der Waals surface area contributed by atoms with Gasteiger partial charge in [0, 0.05) is 11.6 Å². The van der Waals surface area contributed by atoms with Gasteiger partial charge in [0.05, 0.1) is 17.7 Å². The van der Waals surface area contributed by atoms with Crippen molar-refractivity contribution in [3.63, 3.8) is 0 Å². The number of anilines is 1. The van der Waals surface area contributed by atoms with Gasteiger partial charge >= 0.3 is 5.97 Å². The number of phenols is 1. The highest BCUT2D eigenvalue weighted by Gasteiger charge is 2.18. The van der Waals surface area contributed by atoms with E-state index >= 15 is 0 Å². The fourth-order valence-corrected chi connectivity index (χ4v) is 3.81. The molecule has 0 unspecified atom stereocenters. The minimum atomic E-state index is -4.00. The summed E-state index contributed by atoms with van der Waals surface area (Å²) in [7, 11) is -2.83. The van der Waals surface area contributed by atoms with Crippen LogP contribution in [0.2, 0.25) is 0 Å². The Morgan fingerprint density at radius 2 is 1.79 bits per heavy atom. The van der Waals surface area contributed by atoms with E-state index in [-0.39, 0.29) is 21.8 Å². The van der Waals surface area contributed by atoms with Crippen LogP contribution in [0.15, 0.2) is 76.8 Å². The zero-order chi connectivity index (χ0) is 21.0. The van der Waals surface area contributed by atoms with Gasteiger partial charge in [-0.15, -0.1) is 4.91 Å². The molecular weight excluding hydrogens is 396 g/mol. The number of hydrogen-bond donors (Lipinski definition) is 2. The van der Waals surface area contributed by atoms with Crippen molar-refractivity contribution < 1.29 is 23.1 Å². The Morgan fingerprint density at radius 3 is 2.48 bits per heavy atom. The van der Waals surface area contributed by atoms with Gasteiger partial charge in [0.2, 0.25) is 0 Å². The Labute approximate surface area is 166 Å². The third-order valence-corrected chi connectivity index (χ3v) is 5.49. The van der Waals surface area contributed by atoms with E-state index in [1.165, 1.54) is 37.4 Å². The lowest BCUT2D eigenvalue weighted by Gasteiger charge is -2.11. The standard InChI is InChI=1S/C20H16N2O6S/c1-28-20(24)17-10-9-14(12-19(17)23)22-29(26,27)15-6-4-5-13(11-15)16-7-2-3-8-18(16)21-25/h2-12,22-23H,1H3. The molecule has 0 aliphatic rings. The van der Waals surface area contributed by atoms with E-state index in [1.54, 1.807) is 30.3 Å². The number of rotatable bonds is 6. The van der Waals surface area contributed by atoms with Crippen molar-refractivity contribution in [1.29, 1.82) is 0 Å². The number of nitrogens with one attached hydrogen (secondary N) is 1. The summed E-state index contributed by atoms with van der Waals surface area (Å²) in [5.74, 6) is -1.16. The predicted octanol–water partition coefficient (Wildman–Crippen LogP) is 4.04. The number of esters is 1. The minimum Gasteiger partial charge on any atom is -0.507 e. The van der Waals surface area contributed by atoms with Crippen LogP contribution in [0.4, 0.5) is 11.4 Å². The van der Waals surface area contributed by atoms with Crippen molar-refractivity contribution in [3.8, 4) is 16.9 Å². The van der Waals surface area contributed by atoms with Gasteiger partial charge in [-0.3, -0.25) is 4.72 Å². The highest BCUT2D eigenvalue weighted by atomic mass is 32.2. The largest absolute Gasteiger partial charge is 0.507 e. The number of carbonyl (C=O) groups excluding carboxylic acids is 1. The van der Waals surface area contributed by atoms with E-state index in [0.717, 1.165) is 6.07 Å².